The Morgan fingerprint density at radius 3 is 1.31 bits per heavy atom. The number of unbranched alkanes of at least 4 members (excludes halogenated alkanes) is 4. The zero-order chi connectivity index (χ0) is 35.3. The Morgan fingerprint density at radius 1 is 0.451 bits per heavy atom. The molecule has 6 aromatic carbocycles. The van der Waals surface area contributed by atoms with Crippen molar-refractivity contribution in [1.82, 2.24) is 0 Å². The van der Waals surface area contributed by atoms with Gasteiger partial charge in [-0.05, 0) is 66.2 Å². The van der Waals surface area contributed by atoms with E-state index in [0.29, 0.717) is 0 Å². The van der Waals surface area contributed by atoms with Crippen LogP contribution in [0.4, 0.5) is 0 Å². The fraction of sp³-hybridized carbons (Fsp3) is 0.250. The van der Waals surface area contributed by atoms with Crippen LogP contribution >= 0.6 is 0 Å². The van der Waals surface area contributed by atoms with E-state index in [4.69, 9.17) is 4.74 Å². The third-order valence-electron chi connectivity index (χ3n) is 11.1. The lowest BCUT2D eigenvalue weighted by molar-refractivity contribution is 0.307. The SMILES string of the molecule is CCCCCOc1cc(C)cc2c1-c1c(CCCCC)cc(C)cc1[Si](c1ccccc1)(c1ccccc1)[Si]2(c1ccccc1)c1ccccc1. The van der Waals surface area contributed by atoms with E-state index in [9.17, 15) is 0 Å². The average Bonchev–Trinajstić information content (AvgIpc) is 3.17. The molecule has 0 unspecified atom stereocenters. The van der Waals surface area contributed by atoms with Crippen molar-refractivity contribution in [2.24, 2.45) is 0 Å². The second-order valence-electron chi connectivity index (χ2n) is 14.5. The highest BCUT2D eigenvalue weighted by molar-refractivity contribution is 7.68. The van der Waals surface area contributed by atoms with Crippen LogP contribution in [0.25, 0.3) is 11.1 Å². The number of rotatable bonds is 13. The zero-order valence-electron chi connectivity index (χ0n) is 30.9. The summed E-state index contributed by atoms with van der Waals surface area (Å²) in [5.74, 6) is 1.07. The Balaban J connectivity index is 1.76. The summed E-state index contributed by atoms with van der Waals surface area (Å²) in [5, 5.41) is 8.98. The van der Waals surface area contributed by atoms with E-state index in [2.05, 4.69) is 173 Å². The molecular formula is C48H52OSi2. The molecule has 0 aliphatic carbocycles. The van der Waals surface area contributed by atoms with Crippen LogP contribution in [-0.4, -0.2) is 21.8 Å². The number of fused-ring (bicyclic) bond motifs is 3. The maximum absolute atomic E-state index is 7.04. The molecule has 3 heteroatoms. The van der Waals surface area contributed by atoms with Gasteiger partial charge < -0.3 is 4.74 Å². The summed E-state index contributed by atoms with van der Waals surface area (Å²) in [4.78, 5) is 0. The molecule has 0 amide bonds. The third kappa shape index (κ3) is 6.05. The lowest BCUT2D eigenvalue weighted by Crippen LogP contribution is -2.95. The molecule has 1 nitrogen and oxygen atoms in total. The van der Waals surface area contributed by atoms with E-state index in [1.165, 1.54) is 85.9 Å². The summed E-state index contributed by atoms with van der Waals surface area (Å²) in [6, 6.07) is 56.8. The first-order chi connectivity index (χ1) is 25.1. The van der Waals surface area contributed by atoms with Gasteiger partial charge in [-0.2, -0.15) is 0 Å². The smallest absolute Gasteiger partial charge is 0.155 e. The maximum atomic E-state index is 7.04. The van der Waals surface area contributed by atoms with Crippen molar-refractivity contribution in [2.45, 2.75) is 72.6 Å². The van der Waals surface area contributed by atoms with Gasteiger partial charge in [-0.15, -0.1) is 0 Å². The molecule has 0 fully saturated rings. The summed E-state index contributed by atoms with van der Waals surface area (Å²) >= 11 is 0. The molecule has 258 valence electrons. The molecule has 7 rings (SSSR count). The second kappa shape index (κ2) is 15.4. The normalized spacial score (nSPS) is 14.0. The van der Waals surface area contributed by atoms with Gasteiger partial charge in [0, 0.05) is 5.56 Å². The van der Waals surface area contributed by atoms with Crippen molar-refractivity contribution in [3.63, 3.8) is 0 Å². The molecule has 0 aromatic heterocycles. The van der Waals surface area contributed by atoms with E-state index in [0.717, 1.165) is 25.2 Å². The number of aryl methyl sites for hydroxylation is 3. The Kier molecular flexibility index (Phi) is 10.6. The van der Waals surface area contributed by atoms with Gasteiger partial charge in [-0.3, -0.25) is 0 Å². The largest absolute Gasteiger partial charge is 0.493 e. The second-order valence-corrected chi connectivity index (χ2v) is 25.4. The van der Waals surface area contributed by atoms with E-state index in [1.807, 2.05) is 0 Å². The fourth-order valence-corrected chi connectivity index (χ4v) is 29.3. The first-order valence-corrected chi connectivity index (χ1v) is 24.2. The van der Waals surface area contributed by atoms with Crippen molar-refractivity contribution >= 4 is 46.3 Å². The topological polar surface area (TPSA) is 9.23 Å². The highest BCUT2D eigenvalue weighted by atomic mass is 29.3. The van der Waals surface area contributed by atoms with Gasteiger partial charge in [-0.25, -0.2) is 0 Å². The first-order valence-electron chi connectivity index (χ1n) is 19.2. The minimum atomic E-state index is -3.01. The summed E-state index contributed by atoms with van der Waals surface area (Å²) in [6.45, 7) is 9.94. The van der Waals surface area contributed by atoms with Crippen LogP contribution in [0.1, 0.15) is 69.1 Å². The van der Waals surface area contributed by atoms with Crippen LogP contribution in [0.3, 0.4) is 0 Å². The van der Waals surface area contributed by atoms with E-state index >= 15 is 0 Å². The number of hydrogen-bond acceptors (Lipinski definition) is 1. The van der Waals surface area contributed by atoms with Crippen LogP contribution in [0.2, 0.25) is 0 Å². The molecule has 0 spiro atoms. The molecule has 6 aromatic rings. The molecule has 0 atom stereocenters. The van der Waals surface area contributed by atoms with Gasteiger partial charge in [0.2, 0.25) is 0 Å². The van der Waals surface area contributed by atoms with Crippen LogP contribution in [0, 0.1) is 13.8 Å². The standard InChI is InChI=1S/C48H52OSi2/c1-5-7-13-23-39-33-37(3)35-45-47(39)48-44(49-32-22-8-6-2)34-38(4)36-46(48)51(42-28-18-11-19-29-42,43-30-20-12-21-31-43)50(45,40-24-14-9-15-25-40)41-26-16-10-17-27-41/h9-12,14-21,24-31,33-36H,5-8,13,22-23,32H2,1-4H3. The first kappa shape index (κ1) is 35.0. The quantitative estimate of drug-likeness (QED) is 0.0871. The van der Waals surface area contributed by atoms with Crippen molar-refractivity contribution in [3.05, 3.63) is 162 Å². The molecule has 1 aliphatic heterocycles. The van der Waals surface area contributed by atoms with Crippen molar-refractivity contribution in [1.29, 1.82) is 0 Å². The Morgan fingerprint density at radius 2 is 0.863 bits per heavy atom. The van der Waals surface area contributed by atoms with Crippen molar-refractivity contribution in [3.8, 4) is 16.9 Å². The summed E-state index contributed by atoms with van der Waals surface area (Å²) < 4.78 is 7.04. The third-order valence-corrected chi connectivity index (χ3v) is 27.9. The highest BCUT2D eigenvalue weighted by Crippen LogP contribution is 2.41. The van der Waals surface area contributed by atoms with Crippen LogP contribution in [0.5, 0.6) is 5.75 Å². The summed E-state index contributed by atoms with van der Waals surface area (Å²) in [6.07, 6.45) is 8.12. The zero-order valence-corrected chi connectivity index (χ0v) is 32.9. The van der Waals surface area contributed by atoms with E-state index in [-0.39, 0.29) is 0 Å². The predicted octanol–water partition coefficient (Wildman–Crippen LogP) is 8.30. The van der Waals surface area contributed by atoms with Crippen LogP contribution in [0.15, 0.2) is 146 Å². The lowest BCUT2D eigenvalue weighted by atomic mass is 9.92. The number of ether oxygens (including phenoxy) is 1. The van der Waals surface area contributed by atoms with Gasteiger partial charge in [0.25, 0.3) is 0 Å². The molecule has 1 aliphatic rings. The average molecular weight is 701 g/mol. The molecule has 0 radical (unpaired) electrons. The fourth-order valence-electron chi connectivity index (χ4n) is 9.15. The Bertz CT molecular complexity index is 1980. The summed E-state index contributed by atoms with van der Waals surface area (Å²) in [7, 11) is -6.00. The Hall–Kier alpha value is -4.45. The molecule has 0 saturated carbocycles. The summed E-state index contributed by atoms with van der Waals surface area (Å²) in [5.41, 5.74) is 6.91. The van der Waals surface area contributed by atoms with E-state index in [1.54, 1.807) is 5.19 Å². The van der Waals surface area contributed by atoms with Crippen molar-refractivity contribution < 1.29 is 4.74 Å². The molecule has 0 N–H and O–H groups in total. The van der Waals surface area contributed by atoms with Crippen molar-refractivity contribution in [2.75, 3.05) is 6.61 Å². The monoisotopic (exact) mass is 700 g/mol. The highest BCUT2D eigenvalue weighted by Gasteiger charge is 2.65. The van der Waals surface area contributed by atoms with Crippen LogP contribution in [-0.2, 0) is 6.42 Å². The minimum absolute atomic E-state index is 0.737. The molecule has 51 heavy (non-hydrogen) atoms. The molecule has 0 bridgehead atoms. The van der Waals surface area contributed by atoms with Crippen LogP contribution < -0.4 is 35.9 Å². The number of benzene rings is 6. The van der Waals surface area contributed by atoms with E-state index < -0.39 is 15.2 Å². The van der Waals surface area contributed by atoms with Gasteiger partial charge >= 0.3 is 0 Å². The molecular weight excluding hydrogens is 649 g/mol. The van der Waals surface area contributed by atoms with Gasteiger partial charge in [0.05, 0.1) is 6.61 Å². The van der Waals surface area contributed by atoms with Gasteiger partial charge in [-0.1, -0.05) is 205 Å². The van der Waals surface area contributed by atoms with Gasteiger partial charge in [0.15, 0.2) is 15.2 Å². The molecule has 0 saturated heterocycles. The maximum Gasteiger partial charge on any atom is 0.155 e. The predicted molar refractivity (Wildman–Crippen MR) is 225 cm³/mol. The van der Waals surface area contributed by atoms with Gasteiger partial charge in [0.1, 0.15) is 5.75 Å². The molecule has 1 heterocycles. The lowest BCUT2D eigenvalue weighted by Gasteiger charge is -2.54. The number of hydrogen-bond donors (Lipinski definition) is 0. The minimum Gasteiger partial charge on any atom is -0.493 e. The Labute approximate surface area is 308 Å².